The van der Waals surface area contributed by atoms with Gasteiger partial charge in [0, 0.05) is 22.4 Å². The first kappa shape index (κ1) is 15.7. The summed E-state index contributed by atoms with van der Waals surface area (Å²) in [6, 6.07) is 0. The SMILES string of the molecule is O=C(O)O.[Ca+2].[H-].[H-].[Nb]. The molecule has 0 aliphatic heterocycles. The third kappa shape index (κ3) is 59.6. The summed E-state index contributed by atoms with van der Waals surface area (Å²) in [5, 5.41) is 13.9. The molecular weight excluding hydrogens is 193 g/mol. The van der Waals surface area contributed by atoms with Crippen LogP contribution in [0, 0.1) is 0 Å². The van der Waals surface area contributed by atoms with Crippen molar-refractivity contribution in [3.63, 3.8) is 0 Å². The predicted molar refractivity (Wildman–Crippen MR) is 18.6 cm³/mol. The maximum Gasteiger partial charge on any atom is 2.00 e. The van der Waals surface area contributed by atoms with Gasteiger partial charge in [0.1, 0.15) is 0 Å². The van der Waals surface area contributed by atoms with Crippen molar-refractivity contribution in [3.05, 3.63) is 0 Å². The first-order chi connectivity index (χ1) is 1.73. The van der Waals surface area contributed by atoms with Crippen LogP contribution >= 0.6 is 0 Å². The Morgan fingerprint density at radius 2 is 1.50 bits per heavy atom. The van der Waals surface area contributed by atoms with Crippen LogP contribution in [0.25, 0.3) is 0 Å². The average molecular weight is 197 g/mol. The fourth-order valence-corrected chi connectivity index (χ4v) is 0. The topological polar surface area (TPSA) is 57.5 Å². The van der Waals surface area contributed by atoms with Crippen LogP contribution in [0.5, 0.6) is 0 Å². The molecular formula is CH4CaNbO3. The summed E-state index contributed by atoms with van der Waals surface area (Å²) in [7, 11) is 0. The first-order valence-electron chi connectivity index (χ1n) is 0.651. The van der Waals surface area contributed by atoms with Crippen molar-refractivity contribution in [1.29, 1.82) is 0 Å². The van der Waals surface area contributed by atoms with E-state index in [1.807, 2.05) is 0 Å². The van der Waals surface area contributed by atoms with Crippen LogP contribution in [-0.2, 0) is 22.4 Å². The van der Waals surface area contributed by atoms with Crippen molar-refractivity contribution in [3.8, 4) is 0 Å². The third-order valence-corrected chi connectivity index (χ3v) is 0. The number of hydrogen-bond acceptors (Lipinski definition) is 1. The summed E-state index contributed by atoms with van der Waals surface area (Å²) in [6.07, 6.45) is -1.83. The van der Waals surface area contributed by atoms with Crippen LogP contribution in [0.1, 0.15) is 2.85 Å². The fraction of sp³-hybridized carbons (Fsp3) is 0. The van der Waals surface area contributed by atoms with Gasteiger partial charge in [0.15, 0.2) is 0 Å². The summed E-state index contributed by atoms with van der Waals surface area (Å²) < 4.78 is 0. The minimum atomic E-state index is -1.83. The molecule has 0 saturated heterocycles. The van der Waals surface area contributed by atoms with Gasteiger partial charge in [-0.15, -0.1) is 0 Å². The van der Waals surface area contributed by atoms with E-state index in [9.17, 15) is 0 Å². The molecule has 3 nitrogen and oxygen atoms in total. The van der Waals surface area contributed by atoms with E-state index in [1.54, 1.807) is 0 Å². The Morgan fingerprint density at radius 1 is 1.50 bits per heavy atom. The van der Waals surface area contributed by atoms with Gasteiger partial charge in [0.2, 0.25) is 0 Å². The Kier molecular flexibility index (Phi) is 25.0. The molecule has 0 amide bonds. The fourth-order valence-electron chi connectivity index (χ4n) is 0. The molecule has 5 heteroatoms. The van der Waals surface area contributed by atoms with Gasteiger partial charge in [0.05, 0.1) is 0 Å². The maximum absolute atomic E-state index is 8.56. The molecule has 6 heavy (non-hydrogen) atoms. The molecule has 0 aromatic carbocycles. The molecule has 0 spiro atoms. The Balaban J connectivity index is -0.00000000750. The molecule has 0 atom stereocenters. The molecule has 0 unspecified atom stereocenters. The smallest absolute Gasteiger partial charge is 1.00 e. The molecule has 0 heterocycles. The molecule has 0 rings (SSSR count). The van der Waals surface area contributed by atoms with Gasteiger partial charge in [-0.05, 0) is 0 Å². The van der Waals surface area contributed by atoms with Crippen LogP contribution in [0.4, 0.5) is 4.79 Å². The monoisotopic (exact) mass is 197 g/mol. The molecule has 0 aliphatic carbocycles. The van der Waals surface area contributed by atoms with E-state index in [1.165, 1.54) is 0 Å². The van der Waals surface area contributed by atoms with Gasteiger partial charge < -0.3 is 13.1 Å². The van der Waals surface area contributed by atoms with E-state index in [0.29, 0.717) is 0 Å². The van der Waals surface area contributed by atoms with Crippen LogP contribution in [0.2, 0.25) is 0 Å². The van der Waals surface area contributed by atoms with Crippen LogP contribution in [-0.4, -0.2) is 54.1 Å². The van der Waals surface area contributed by atoms with E-state index in [-0.39, 0.29) is 63.0 Å². The van der Waals surface area contributed by atoms with Gasteiger partial charge in [-0.1, -0.05) is 0 Å². The molecule has 0 aromatic heterocycles. The van der Waals surface area contributed by atoms with Crippen LogP contribution in [0.15, 0.2) is 0 Å². The third-order valence-electron chi connectivity index (χ3n) is 0. The summed E-state index contributed by atoms with van der Waals surface area (Å²) in [5.74, 6) is 0. The molecule has 1 radical (unpaired) electrons. The average Bonchev–Trinajstić information content (AvgIpc) is 0.811. The van der Waals surface area contributed by atoms with Crippen LogP contribution < -0.4 is 0 Å². The number of carboxylic acid groups (broad SMARTS) is 2. The summed E-state index contributed by atoms with van der Waals surface area (Å²) in [6.45, 7) is 0. The molecule has 33 valence electrons. The molecule has 0 aliphatic rings. The van der Waals surface area contributed by atoms with Crippen molar-refractivity contribution in [1.82, 2.24) is 0 Å². The zero-order valence-electron chi connectivity index (χ0n) is 4.96. The number of rotatable bonds is 0. The van der Waals surface area contributed by atoms with E-state index >= 15 is 0 Å². The maximum atomic E-state index is 8.56. The predicted octanol–water partition coefficient (Wildman–Crippen LogP) is 0.0641. The Labute approximate surface area is 83.2 Å². The first-order valence-corrected chi connectivity index (χ1v) is 0.651. The second-order valence-electron chi connectivity index (χ2n) is 0.283. The quantitative estimate of drug-likeness (QED) is 0.540. The molecule has 0 aromatic rings. The molecule has 2 N–H and O–H groups in total. The summed E-state index contributed by atoms with van der Waals surface area (Å²) in [4.78, 5) is 8.56. The summed E-state index contributed by atoms with van der Waals surface area (Å²) >= 11 is 0. The second-order valence-corrected chi connectivity index (χ2v) is 0.283. The largest absolute Gasteiger partial charge is 2.00 e. The van der Waals surface area contributed by atoms with Crippen molar-refractivity contribution >= 4 is 43.9 Å². The number of hydrogen-bond donors (Lipinski definition) is 2. The second kappa shape index (κ2) is 9.55. The van der Waals surface area contributed by atoms with Gasteiger partial charge >= 0.3 is 43.9 Å². The van der Waals surface area contributed by atoms with Gasteiger partial charge in [-0.2, -0.15) is 0 Å². The van der Waals surface area contributed by atoms with Gasteiger partial charge in [-0.25, -0.2) is 4.79 Å². The Morgan fingerprint density at radius 3 is 1.50 bits per heavy atom. The van der Waals surface area contributed by atoms with Crippen molar-refractivity contribution < 1.29 is 40.2 Å². The molecule has 0 bridgehead atoms. The van der Waals surface area contributed by atoms with E-state index in [0.717, 1.165) is 0 Å². The standard InChI is InChI=1S/CH2O3.Ca.Nb.2H/c2-1(3)4;;;;/h(H2,2,3,4);;;;/q;+2;;2*-1. The Hall–Kier alpha value is 1.27. The minimum absolute atomic E-state index is 0. The zero-order valence-corrected chi connectivity index (χ0v) is 7.36. The van der Waals surface area contributed by atoms with Crippen LogP contribution in [0.3, 0.4) is 0 Å². The molecule has 0 fully saturated rings. The van der Waals surface area contributed by atoms with Crippen molar-refractivity contribution in [2.75, 3.05) is 0 Å². The van der Waals surface area contributed by atoms with Gasteiger partial charge in [0.25, 0.3) is 0 Å². The Bertz CT molecular complexity index is 40.3. The molecule has 0 saturated carbocycles. The van der Waals surface area contributed by atoms with E-state index in [2.05, 4.69) is 0 Å². The normalized spacial score (nSPS) is 4.00. The number of carbonyl (C=O) groups is 1. The van der Waals surface area contributed by atoms with E-state index in [4.69, 9.17) is 15.0 Å². The van der Waals surface area contributed by atoms with E-state index < -0.39 is 6.16 Å². The summed E-state index contributed by atoms with van der Waals surface area (Å²) in [5.41, 5.74) is 0. The minimum Gasteiger partial charge on any atom is -1.00 e. The van der Waals surface area contributed by atoms with Crippen molar-refractivity contribution in [2.24, 2.45) is 0 Å². The zero-order chi connectivity index (χ0) is 3.58. The van der Waals surface area contributed by atoms with Crippen molar-refractivity contribution in [2.45, 2.75) is 0 Å². The van der Waals surface area contributed by atoms with Gasteiger partial charge in [-0.3, -0.25) is 0 Å².